The lowest BCUT2D eigenvalue weighted by atomic mass is 10.2. The van der Waals surface area contributed by atoms with E-state index in [1.54, 1.807) is 0 Å². The summed E-state index contributed by atoms with van der Waals surface area (Å²) in [5.74, 6) is 0.217. The molecule has 0 fully saturated rings. The summed E-state index contributed by atoms with van der Waals surface area (Å²) in [6.07, 6.45) is 0.538. The number of nitrogens with two attached hydrogens (primary N) is 1. The van der Waals surface area contributed by atoms with Crippen LogP contribution in [0.3, 0.4) is 0 Å². The van der Waals surface area contributed by atoms with E-state index in [1.807, 2.05) is 30.3 Å². The predicted octanol–water partition coefficient (Wildman–Crippen LogP) is 1.38. The van der Waals surface area contributed by atoms with Gasteiger partial charge >= 0.3 is 5.97 Å². The van der Waals surface area contributed by atoms with Crippen LogP contribution in [0, 0.1) is 0 Å². The molecule has 0 saturated carbocycles. The van der Waals surface area contributed by atoms with Gasteiger partial charge in [-0.3, -0.25) is 4.79 Å². The Bertz CT molecular complexity index is 303. The third kappa shape index (κ3) is 4.36. The molecule has 3 nitrogen and oxygen atoms in total. The number of carbonyl (C=O) groups excluding carboxylic acids is 1. The molecule has 15 heavy (non-hydrogen) atoms. The van der Waals surface area contributed by atoms with Crippen molar-refractivity contribution in [1.82, 2.24) is 0 Å². The Morgan fingerprint density at radius 3 is 2.67 bits per heavy atom. The van der Waals surface area contributed by atoms with Gasteiger partial charge in [-0.1, -0.05) is 30.3 Å². The molecule has 1 aromatic carbocycles. The van der Waals surface area contributed by atoms with Gasteiger partial charge in [-0.2, -0.15) is 12.6 Å². The lowest BCUT2D eigenvalue weighted by Gasteiger charge is -2.09. The van der Waals surface area contributed by atoms with Crippen LogP contribution in [0.2, 0.25) is 0 Å². The number of hydrogen-bond acceptors (Lipinski definition) is 4. The number of ether oxygens (including phenoxy) is 1. The van der Waals surface area contributed by atoms with Crippen LogP contribution in [0.4, 0.5) is 0 Å². The van der Waals surface area contributed by atoms with Crippen molar-refractivity contribution >= 4 is 18.6 Å². The van der Waals surface area contributed by atoms with Gasteiger partial charge in [0.2, 0.25) is 0 Å². The molecule has 82 valence electrons. The standard InChI is InChI=1S/C11H15NO2S/c12-10(6-7-15)11(13)14-8-9-4-2-1-3-5-9/h1-5,10,15H,6-8,12H2. The van der Waals surface area contributed by atoms with Crippen LogP contribution < -0.4 is 5.73 Å². The van der Waals surface area contributed by atoms with E-state index in [-0.39, 0.29) is 12.6 Å². The van der Waals surface area contributed by atoms with Crippen molar-refractivity contribution < 1.29 is 9.53 Å². The molecule has 1 aromatic rings. The summed E-state index contributed by atoms with van der Waals surface area (Å²) in [7, 11) is 0. The zero-order valence-corrected chi connectivity index (χ0v) is 9.32. The van der Waals surface area contributed by atoms with Crippen molar-refractivity contribution in [2.24, 2.45) is 5.73 Å². The average molecular weight is 225 g/mol. The Labute approximate surface area is 95.0 Å². The highest BCUT2D eigenvalue weighted by Crippen LogP contribution is 2.02. The molecule has 1 rings (SSSR count). The van der Waals surface area contributed by atoms with Gasteiger partial charge in [0.15, 0.2) is 0 Å². The number of thiol groups is 1. The van der Waals surface area contributed by atoms with E-state index in [0.717, 1.165) is 5.56 Å². The molecular weight excluding hydrogens is 210 g/mol. The first-order chi connectivity index (χ1) is 7.24. The summed E-state index contributed by atoms with van der Waals surface area (Å²) in [5, 5.41) is 0. The third-order valence-corrected chi connectivity index (χ3v) is 2.22. The molecule has 2 N–H and O–H groups in total. The quantitative estimate of drug-likeness (QED) is 0.588. The maximum absolute atomic E-state index is 11.3. The Morgan fingerprint density at radius 1 is 1.40 bits per heavy atom. The summed E-state index contributed by atoms with van der Waals surface area (Å²) in [6.45, 7) is 0.278. The first-order valence-corrected chi connectivity index (χ1v) is 5.44. The highest BCUT2D eigenvalue weighted by atomic mass is 32.1. The lowest BCUT2D eigenvalue weighted by molar-refractivity contribution is -0.146. The van der Waals surface area contributed by atoms with Crippen LogP contribution in [0.15, 0.2) is 30.3 Å². The van der Waals surface area contributed by atoms with Gasteiger partial charge in [0.25, 0.3) is 0 Å². The first kappa shape index (κ1) is 12.1. The van der Waals surface area contributed by atoms with Crippen molar-refractivity contribution in [3.05, 3.63) is 35.9 Å². The molecule has 0 aliphatic rings. The highest BCUT2D eigenvalue weighted by molar-refractivity contribution is 7.80. The van der Waals surface area contributed by atoms with Crippen molar-refractivity contribution in [2.45, 2.75) is 19.1 Å². The maximum Gasteiger partial charge on any atom is 0.323 e. The minimum Gasteiger partial charge on any atom is -0.460 e. The van der Waals surface area contributed by atoms with E-state index >= 15 is 0 Å². The second-order valence-corrected chi connectivity index (χ2v) is 3.66. The molecule has 0 aromatic heterocycles. The molecule has 1 unspecified atom stereocenters. The van der Waals surface area contributed by atoms with Crippen LogP contribution in [0.1, 0.15) is 12.0 Å². The number of carbonyl (C=O) groups is 1. The second-order valence-electron chi connectivity index (χ2n) is 3.21. The van der Waals surface area contributed by atoms with E-state index in [9.17, 15) is 4.79 Å². The van der Waals surface area contributed by atoms with Crippen molar-refractivity contribution in [2.75, 3.05) is 5.75 Å². The summed E-state index contributed by atoms with van der Waals surface area (Å²) in [5.41, 5.74) is 6.53. The highest BCUT2D eigenvalue weighted by Gasteiger charge is 2.13. The monoisotopic (exact) mass is 225 g/mol. The predicted molar refractivity (Wildman–Crippen MR) is 62.7 cm³/mol. The topological polar surface area (TPSA) is 52.3 Å². The largest absolute Gasteiger partial charge is 0.460 e. The Balaban J connectivity index is 2.34. The number of benzene rings is 1. The van der Waals surface area contributed by atoms with Crippen LogP contribution in [-0.4, -0.2) is 17.8 Å². The van der Waals surface area contributed by atoms with Gasteiger partial charge in [0.1, 0.15) is 12.6 Å². The summed E-state index contributed by atoms with van der Waals surface area (Å²) >= 11 is 4.00. The molecule has 0 heterocycles. The van der Waals surface area contributed by atoms with Gasteiger partial charge in [-0.25, -0.2) is 0 Å². The smallest absolute Gasteiger partial charge is 0.323 e. The summed E-state index contributed by atoms with van der Waals surface area (Å²) in [4.78, 5) is 11.3. The van der Waals surface area contributed by atoms with Crippen LogP contribution in [0.5, 0.6) is 0 Å². The fraction of sp³-hybridized carbons (Fsp3) is 0.364. The number of hydrogen-bond donors (Lipinski definition) is 2. The number of rotatable bonds is 5. The van der Waals surface area contributed by atoms with Gasteiger partial charge in [0.05, 0.1) is 0 Å². The number of esters is 1. The summed E-state index contributed by atoms with van der Waals surface area (Å²) in [6, 6.07) is 8.95. The van der Waals surface area contributed by atoms with Gasteiger partial charge < -0.3 is 10.5 Å². The molecule has 0 saturated heterocycles. The van der Waals surface area contributed by atoms with Gasteiger partial charge in [-0.15, -0.1) is 0 Å². The normalized spacial score (nSPS) is 12.1. The van der Waals surface area contributed by atoms with Gasteiger partial charge in [-0.05, 0) is 17.7 Å². The van der Waals surface area contributed by atoms with E-state index in [2.05, 4.69) is 12.6 Å². The van der Waals surface area contributed by atoms with E-state index < -0.39 is 6.04 Å². The second kappa shape index (κ2) is 6.48. The van der Waals surface area contributed by atoms with Crippen molar-refractivity contribution in [1.29, 1.82) is 0 Å². The zero-order chi connectivity index (χ0) is 11.1. The molecular formula is C11H15NO2S. The first-order valence-electron chi connectivity index (χ1n) is 4.81. The van der Waals surface area contributed by atoms with Crippen LogP contribution in [-0.2, 0) is 16.1 Å². The molecule has 4 heteroatoms. The van der Waals surface area contributed by atoms with E-state index in [4.69, 9.17) is 10.5 Å². The SMILES string of the molecule is NC(CCS)C(=O)OCc1ccccc1. The minimum atomic E-state index is -0.564. The fourth-order valence-corrected chi connectivity index (χ4v) is 1.37. The molecule has 0 spiro atoms. The Morgan fingerprint density at radius 2 is 2.07 bits per heavy atom. The van der Waals surface area contributed by atoms with Crippen LogP contribution >= 0.6 is 12.6 Å². The van der Waals surface area contributed by atoms with E-state index in [1.165, 1.54) is 0 Å². The molecule has 0 bridgehead atoms. The zero-order valence-electron chi connectivity index (χ0n) is 8.43. The van der Waals surface area contributed by atoms with E-state index in [0.29, 0.717) is 12.2 Å². The Hall–Kier alpha value is -1.00. The maximum atomic E-state index is 11.3. The molecule has 0 radical (unpaired) electrons. The molecule has 0 aliphatic heterocycles. The summed E-state index contributed by atoms with van der Waals surface area (Å²) < 4.78 is 5.04. The minimum absolute atomic E-state index is 0.278. The van der Waals surface area contributed by atoms with Gasteiger partial charge in [0, 0.05) is 0 Å². The van der Waals surface area contributed by atoms with Crippen molar-refractivity contribution in [3.8, 4) is 0 Å². The van der Waals surface area contributed by atoms with Crippen LogP contribution in [0.25, 0.3) is 0 Å². The fourth-order valence-electron chi connectivity index (χ4n) is 1.09. The lowest BCUT2D eigenvalue weighted by Crippen LogP contribution is -2.32. The van der Waals surface area contributed by atoms with Crippen molar-refractivity contribution in [3.63, 3.8) is 0 Å². The molecule has 1 atom stereocenters. The molecule has 0 aliphatic carbocycles. The average Bonchev–Trinajstić information content (AvgIpc) is 2.27. The Kier molecular flexibility index (Phi) is 5.21. The molecule has 0 amide bonds. The third-order valence-electron chi connectivity index (χ3n) is 1.97.